The molecule has 1 aliphatic rings. The molecule has 2 aromatic rings. The van der Waals surface area contributed by atoms with E-state index in [-0.39, 0.29) is 5.91 Å². The molecule has 1 aromatic heterocycles. The third-order valence-corrected chi connectivity index (χ3v) is 3.93. The summed E-state index contributed by atoms with van der Waals surface area (Å²) in [4.78, 5) is 17.4. The van der Waals surface area contributed by atoms with Gasteiger partial charge in [-0.25, -0.2) is 0 Å². The van der Waals surface area contributed by atoms with Gasteiger partial charge in [-0.05, 0) is 37.7 Å². The van der Waals surface area contributed by atoms with Crippen molar-refractivity contribution in [3.63, 3.8) is 0 Å². The molecule has 1 saturated heterocycles. The summed E-state index contributed by atoms with van der Waals surface area (Å²) in [5.41, 5.74) is 1.58. The Bertz CT molecular complexity index is 622. The summed E-state index contributed by atoms with van der Waals surface area (Å²) in [7, 11) is 1.93. The molecule has 100 valence electrons. The standard InChI is InChI=1S/C14H16ClN3O/c1-16-11-4-5-18(8-11)14(19)13-7-9-6-10(15)2-3-12(9)17-13/h2-3,6-7,11,16-17H,4-5,8H2,1H3/t11-/m0/s1. The van der Waals surface area contributed by atoms with Crippen LogP contribution in [0.5, 0.6) is 0 Å². The van der Waals surface area contributed by atoms with Gasteiger partial charge < -0.3 is 15.2 Å². The Labute approximate surface area is 116 Å². The highest BCUT2D eigenvalue weighted by molar-refractivity contribution is 6.31. The number of hydrogen-bond donors (Lipinski definition) is 2. The normalized spacial score (nSPS) is 19.3. The zero-order chi connectivity index (χ0) is 13.4. The number of nitrogens with one attached hydrogen (secondary N) is 2. The van der Waals surface area contributed by atoms with Crippen LogP contribution in [0, 0.1) is 0 Å². The minimum Gasteiger partial charge on any atom is -0.351 e. The van der Waals surface area contributed by atoms with Crippen molar-refractivity contribution in [2.24, 2.45) is 0 Å². The van der Waals surface area contributed by atoms with Crippen LogP contribution < -0.4 is 5.32 Å². The molecule has 5 heteroatoms. The molecule has 2 heterocycles. The lowest BCUT2D eigenvalue weighted by atomic mass is 10.2. The summed E-state index contributed by atoms with van der Waals surface area (Å²) in [6.45, 7) is 1.58. The van der Waals surface area contributed by atoms with E-state index in [1.54, 1.807) is 0 Å². The van der Waals surface area contributed by atoms with Gasteiger partial charge in [-0.3, -0.25) is 4.79 Å². The Morgan fingerprint density at radius 1 is 1.47 bits per heavy atom. The molecule has 0 radical (unpaired) electrons. The maximum atomic E-state index is 12.4. The number of likely N-dealkylation sites (tertiary alicyclic amines) is 1. The molecule has 2 N–H and O–H groups in total. The highest BCUT2D eigenvalue weighted by atomic mass is 35.5. The van der Waals surface area contributed by atoms with Crippen LogP contribution in [-0.4, -0.2) is 42.0 Å². The van der Waals surface area contributed by atoms with Crippen LogP contribution in [-0.2, 0) is 0 Å². The summed E-state index contributed by atoms with van der Waals surface area (Å²) < 4.78 is 0. The molecule has 19 heavy (non-hydrogen) atoms. The minimum absolute atomic E-state index is 0.0603. The van der Waals surface area contributed by atoms with E-state index in [9.17, 15) is 4.79 Å². The van der Waals surface area contributed by atoms with Crippen molar-refractivity contribution in [1.29, 1.82) is 0 Å². The average Bonchev–Trinajstić information content (AvgIpc) is 3.03. The van der Waals surface area contributed by atoms with Crippen LogP contribution in [0.15, 0.2) is 24.3 Å². The van der Waals surface area contributed by atoms with Gasteiger partial charge in [0.05, 0.1) is 0 Å². The van der Waals surface area contributed by atoms with E-state index in [2.05, 4.69) is 10.3 Å². The van der Waals surface area contributed by atoms with Gasteiger partial charge in [0.2, 0.25) is 0 Å². The number of H-pyrrole nitrogens is 1. The first kappa shape index (κ1) is 12.5. The molecule has 0 aliphatic carbocycles. The Balaban J connectivity index is 1.86. The topological polar surface area (TPSA) is 48.1 Å². The third kappa shape index (κ3) is 2.33. The van der Waals surface area contributed by atoms with Gasteiger partial charge in [0, 0.05) is 35.1 Å². The Hall–Kier alpha value is -1.52. The molecular formula is C14H16ClN3O. The lowest BCUT2D eigenvalue weighted by Gasteiger charge is -2.15. The predicted octanol–water partition coefficient (Wildman–Crippen LogP) is 2.26. The van der Waals surface area contributed by atoms with Crippen molar-refractivity contribution in [2.75, 3.05) is 20.1 Å². The van der Waals surface area contributed by atoms with Crippen LogP contribution >= 0.6 is 11.6 Å². The summed E-state index contributed by atoms with van der Waals surface area (Å²) in [6, 6.07) is 7.86. The van der Waals surface area contributed by atoms with Gasteiger partial charge in [-0.1, -0.05) is 11.6 Å². The van der Waals surface area contributed by atoms with Crippen LogP contribution in [0.1, 0.15) is 16.9 Å². The van der Waals surface area contributed by atoms with E-state index >= 15 is 0 Å². The quantitative estimate of drug-likeness (QED) is 0.885. The lowest BCUT2D eigenvalue weighted by molar-refractivity contribution is 0.0785. The Kier molecular flexibility index (Phi) is 3.21. The zero-order valence-electron chi connectivity index (χ0n) is 10.7. The third-order valence-electron chi connectivity index (χ3n) is 3.70. The van der Waals surface area contributed by atoms with Crippen LogP contribution in [0.25, 0.3) is 10.9 Å². The molecule has 3 rings (SSSR count). The lowest BCUT2D eigenvalue weighted by Crippen LogP contribution is -2.33. The highest BCUT2D eigenvalue weighted by Crippen LogP contribution is 2.21. The van der Waals surface area contributed by atoms with Crippen molar-refractivity contribution >= 4 is 28.4 Å². The monoisotopic (exact) mass is 277 g/mol. The first-order valence-electron chi connectivity index (χ1n) is 6.42. The Morgan fingerprint density at radius 2 is 2.32 bits per heavy atom. The molecular weight excluding hydrogens is 262 g/mol. The van der Waals surface area contributed by atoms with Crippen molar-refractivity contribution in [3.8, 4) is 0 Å². The van der Waals surface area contributed by atoms with E-state index in [0.29, 0.717) is 16.8 Å². The van der Waals surface area contributed by atoms with Gasteiger partial charge in [-0.2, -0.15) is 0 Å². The summed E-state index contributed by atoms with van der Waals surface area (Å²) >= 11 is 5.96. The smallest absolute Gasteiger partial charge is 0.270 e. The molecule has 0 saturated carbocycles. The van der Waals surface area contributed by atoms with Crippen molar-refractivity contribution in [1.82, 2.24) is 15.2 Å². The number of carbonyl (C=O) groups excluding carboxylic acids is 1. The number of likely N-dealkylation sites (N-methyl/N-ethyl adjacent to an activating group) is 1. The van der Waals surface area contributed by atoms with Gasteiger partial charge in [0.15, 0.2) is 0 Å². The number of rotatable bonds is 2. The fraction of sp³-hybridized carbons (Fsp3) is 0.357. The molecule has 0 spiro atoms. The average molecular weight is 278 g/mol. The second-order valence-electron chi connectivity index (χ2n) is 4.94. The van der Waals surface area contributed by atoms with Crippen LogP contribution in [0.2, 0.25) is 5.02 Å². The molecule has 1 fully saturated rings. The van der Waals surface area contributed by atoms with Gasteiger partial charge in [0.1, 0.15) is 5.69 Å². The SMILES string of the molecule is CN[C@H]1CCN(C(=O)c2cc3cc(Cl)ccc3[nH]2)C1. The van der Waals surface area contributed by atoms with Crippen molar-refractivity contribution in [3.05, 3.63) is 35.0 Å². The second kappa shape index (κ2) is 4.87. The highest BCUT2D eigenvalue weighted by Gasteiger charge is 2.26. The summed E-state index contributed by atoms with van der Waals surface area (Å²) in [6.07, 6.45) is 1.01. The molecule has 0 unspecified atom stereocenters. The van der Waals surface area contributed by atoms with Crippen LogP contribution in [0.3, 0.4) is 0 Å². The fourth-order valence-electron chi connectivity index (χ4n) is 2.57. The Morgan fingerprint density at radius 3 is 3.05 bits per heavy atom. The molecule has 1 atom stereocenters. The van der Waals surface area contributed by atoms with E-state index in [0.717, 1.165) is 30.4 Å². The number of carbonyl (C=O) groups is 1. The van der Waals surface area contributed by atoms with E-state index < -0.39 is 0 Å². The fourth-order valence-corrected chi connectivity index (χ4v) is 2.75. The van der Waals surface area contributed by atoms with Gasteiger partial charge in [0.25, 0.3) is 5.91 Å². The summed E-state index contributed by atoms with van der Waals surface area (Å²) in [5.74, 6) is 0.0603. The number of amides is 1. The minimum atomic E-state index is 0.0603. The van der Waals surface area contributed by atoms with E-state index in [4.69, 9.17) is 11.6 Å². The predicted molar refractivity (Wildman–Crippen MR) is 76.7 cm³/mol. The number of fused-ring (bicyclic) bond motifs is 1. The zero-order valence-corrected chi connectivity index (χ0v) is 11.5. The van der Waals surface area contributed by atoms with E-state index in [1.807, 2.05) is 36.2 Å². The number of aromatic amines is 1. The first-order chi connectivity index (χ1) is 9.17. The van der Waals surface area contributed by atoms with Crippen molar-refractivity contribution < 1.29 is 4.79 Å². The number of aromatic nitrogens is 1. The maximum absolute atomic E-state index is 12.4. The van der Waals surface area contributed by atoms with Crippen molar-refractivity contribution in [2.45, 2.75) is 12.5 Å². The number of halogens is 1. The number of benzene rings is 1. The van der Waals surface area contributed by atoms with Gasteiger partial charge in [-0.15, -0.1) is 0 Å². The number of hydrogen-bond acceptors (Lipinski definition) is 2. The molecule has 0 bridgehead atoms. The second-order valence-corrected chi connectivity index (χ2v) is 5.38. The maximum Gasteiger partial charge on any atom is 0.270 e. The van der Waals surface area contributed by atoms with Crippen LogP contribution in [0.4, 0.5) is 0 Å². The summed E-state index contributed by atoms with van der Waals surface area (Å²) in [5, 5.41) is 4.87. The largest absolute Gasteiger partial charge is 0.351 e. The first-order valence-corrected chi connectivity index (χ1v) is 6.80. The van der Waals surface area contributed by atoms with Gasteiger partial charge >= 0.3 is 0 Å². The molecule has 4 nitrogen and oxygen atoms in total. The number of nitrogens with zero attached hydrogens (tertiary/aromatic N) is 1. The molecule has 1 aromatic carbocycles. The molecule has 1 aliphatic heterocycles. The van der Waals surface area contributed by atoms with E-state index in [1.165, 1.54) is 0 Å². The molecule has 1 amide bonds.